The molecule has 17 heavy (non-hydrogen) atoms. The lowest BCUT2D eigenvalue weighted by Gasteiger charge is -2.08. The Labute approximate surface area is 101 Å². The summed E-state index contributed by atoms with van der Waals surface area (Å²) >= 11 is 1.07. The SMILES string of the molecule is COCCSc1nc(C(F)(F)F)ccc1C#N. The molecule has 0 N–H and O–H groups in total. The minimum atomic E-state index is -4.50. The van der Waals surface area contributed by atoms with Crippen molar-refractivity contribution in [1.82, 2.24) is 4.98 Å². The fourth-order valence-corrected chi connectivity index (χ4v) is 1.89. The molecule has 0 bridgehead atoms. The van der Waals surface area contributed by atoms with E-state index in [1.54, 1.807) is 0 Å². The van der Waals surface area contributed by atoms with Crippen LogP contribution in [0, 0.1) is 11.3 Å². The number of nitrogens with zero attached hydrogens (tertiary/aromatic N) is 2. The van der Waals surface area contributed by atoms with Crippen molar-refractivity contribution in [3.05, 3.63) is 23.4 Å². The molecule has 0 radical (unpaired) electrons. The maximum absolute atomic E-state index is 12.4. The number of hydrogen-bond donors (Lipinski definition) is 0. The van der Waals surface area contributed by atoms with E-state index in [-0.39, 0.29) is 10.6 Å². The number of thioether (sulfide) groups is 1. The van der Waals surface area contributed by atoms with Crippen molar-refractivity contribution in [2.24, 2.45) is 0 Å². The summed E-state index contributed by atoms with van der Waals surface area (Å²) in [5.41, 5.74) is -0.851. The number of alkyl halides is 3. The Kier molecular flexibility index (Phi) is 4.78. The molecule has 0 aliphatic carbocycles. The lowest BCUT2D eigenvalue weighted by atomic mass is 10.2. The van der Waals surface area contributed by atoms with Crippen molar-refractivity contribution >= 4 is 11.8 Å². The van der Waals surface area contributed by atoms with Gasteiger partial charge in [-0.25, -0.2) is 4.98 Å². The van der Waals surface area contributed by atoms with Gasteiger partial charge in [-0.1, -0.05) is 0 Å². The van der Waals surface area contributed by atoms with Gasteiger partial charge in [-0.3, -0.25) is 0 Å². The van der Waals surface area contributed by atoms with E-state index in [1.807, 2.05) is 6.07 Å². The molecule has 0 spiro atoms. The minimum Gasteiger partial charge on any atom is -0.384 e. The van der Waals surface area contributed by atoms with Crippen molar-refractivity contribution in [3.8, 4) is 6.07 Å². The standard InChI is InChI=1S/C10H9F3N2OS/c1-16-4-5-17-9-7(6-14)2-3-8(15-9)10(11,12)13/h2-3H,4-5H2,1H3. The highest BCUT2D eigenvalue weighted by atomic mass is 32.2. The predicted octanol–water partition coefficient (Wildman–Crippen LogP) is 2.71. The average Bonchev–Trinajstić information content (AvgIpc) is 2.28. The summed E-state index contributed by atoms with van der Waals surface area (Å²) in [6, 6.07) is 3.74. The third-order valence-corrected chi connectivity index (χ3v) is 2.75. The Balaban J connectivity index is 2.96. The van der Waals surface area contributed by atoms with Gasteiger partial charge in [0, 0.05) is 12.9 Å². The van der Waals surface area contributed by atoms with Gasteiger partial charge in [0.1, 0.15) is 16.8 Å². The summed E-state index contributed by atoms with van der Waals surface area (Å²) in [5.74, 6) is 0.444. The maximum atomic E-state index is 12.4. The first-order chi connectivity index (χ1) is 7.99. The van der Waals surface area contributed by atoms with Crippen molar-refractivity contribution in [2.75, 3.05) is 19.5 Å². The summed E-state index contributed by atoms with van der Waals surface area (Å²) < 4.78 is 42.0. The van der Waals surface area contributed by atoms with E-state index in [2.05, 4.69) is 4.98 Å². The third-order valence-electron chi connectivity index (χ3n) is 1.80. The largest absolute Gasteiger partial charge is 0.433 e. The number of ether oxygens (including phenoxy) is 1. The second kappa shape index (κ2) is 5.89. The maximum Gasteiger partial charge on any atom is 0.433 e. The molecule has 0 fully saturated rings. The molecule has 0 aliphatic heterocycles. The fourth-order valence-electron chi connectivity index (χ4n) is 1.02. The van der Waals surface area contributed by atoms with Gasteiger partial charge in [0.25, 0.3) is 0 Å². The number of pyridine rings is 1. The van der Waals surface area contributed by atoms with Crippen molar-refractivity contribution in [1.29, 1.82) is 5.26 Å². The van der Waals surface area contributed by atoms with Gasteiger partial charge >= 0.3 is 6.18 Å². The Morgan fingerprint density at radius 2 is 2.18 bits per heavy atom. The van der Waals surface area contributed by atoms with Crippen LogP contribution in [0.15, 0.2) is 17.2 Å². The Bertz CT molecular complexity index is 429. The van der Waals surface area contributed by atoms with Crippen LogP contribution < -0.4 is 0 Å². The third kappa shape index (κ3) is 3.91. The normalized spacial score (nSPS) is 11.2. The molecule has 0 amide bonds. The zero-order valence-corrected chi connectivity index (χ0v) is 9.73. The second-order valence-electron chi connectivity index (χ2n) is 3.00. The smallest absolute Gasteiger partial charge is 0.384 e. The van der Waals surface area contributed by atoms with Crippen LogP contribution in [0.4, 0.5) is 13.2 Å². The monoisotopic (exact) mass is 262 g/mol. The van der Waals surface area contributed by atoms with Gasteiger partial charge < -0.3 is 4.74 Å². The lowest BCUT2D eigenvalue weighted by Crippen LogP contribution is -2.09. The van der Waals surface area contributed by atoms with Crippen LogP contribution in [0.25, 0.3) is 0 Å². The van der Waals surface area contributed by atoms with E-state index in [1.165, 1.54) is 7.11 Å². The van der Waals surface area contributed by atoms with Gasteiger partial charge in [0.2, 0.25) is 0 Å². The number of aromatic nitrogens is 1. The van der Waals surface area contributed by atoms with Crippen LogP contribution in [0.2, 0.25) is 0 Å². The zero-order chi connectivity index (χ0) is 12.9. The number of methoxy groups -OCH3 is 1. The van der Waals surface area contributed by atoms with Crippen LogP contribution in [-0.4, -0.2) is 24.5 Å². The first-order valence-corrected chi connectivity index (χ1v) is 5.57. The molecule has 1 aromatic heterocycles. The number of rotatable bonds is 4. The van der Waals surface area contributed by atoms with Gasteiger partial charge in [0.05, 0.1) is 12.2 Å². The van der Waals surface area contributed by atoms with E-state index in [4.69, 9.17) is 10.00 Å². The molecule has 0 unspecified atom stereocenters. The lowest BCUT2D eigenvalue weighted by molar-refractivity contribution is -0.141. The van der Waals surface area contributed by atoms with Crippen molar-refractivity contribution in [2.45, 2.75) is 11.2 Å². The highest BCUT2D eigenvalue weighted by molar-refractivity contribution is 7.99. The molecule has 3 nitrogen and oxygen atoms in total. The van der Waals surface area contributed by atoms with Crippen LogP contribution in [0.1, 0.15) is 11.3 Å². The van der Waals surface area contributed by atoms with Gasteiger partial charge in [-0.2, -0.15) is 18.4 Å². The van der Waals surface area contributed by atoms with E-state index in [9.17, 15) is 13.2 Å². The molecule has 0 atom stereocenters. The summed E-state index contributed by atoms with van der Waals surface area (Å²) in [5, 5.41) is 8.84. The molecule has 92 valence electrons. The Morgan fingerprint density at radius 1 is 1.47 bits per heavy atom. The fraction of sp³-hybridized carbons (Fsp3) is 0.400. The quantitative estimate of drug-likeness (QED) is 0.618. The van der Waals surface area contributed by atoms with Crippen LogP contribution in [0.5, 0.6) is 0 Å². The second-order valence-corrected chi connectivity index (χ2v) is 4.08. The summed E-state index contributed by atoms with van der Waals surface area (Å²) in [6.07, 6.45) is -4.50. The van der Waals surface area contributed by atoms with Gasteiger partial charge in [0.15, 0.2) is 0 Å². The molecule has 0 aliphatic rings. The average molecular weight is 262 g/mol. The van der Waals surface area contributed by atoms with E-state index in [0.717, 1.165) is 23.9 Å². The van der Waals surface area contributed by atoms with Gasteiger partial charge in [-0.15, -0.1) is 11.8 Å². The van der Waals surface area contributed by atoms with Crippen molar-refractivity contribution < 1.29 is 17.9 Å². The Morgan fingerprint density at radius 3 is 2.71 bits per heavy atom. The molecular weight excluding hydrogens is 253 g/mol. The van der Waals surface area contributed by atoms with Crippen LogP contribution >= 0.6 is 11.8 Å². The Hall–Kier alpha value is -1.26. The van der Waals surface area contributed by atoms with Gasteiger partial charge in [-0.05, 0) is 12.1 Å². The molecule has 1 rings (SSSR count). The first kappa shape index (κ1) is 13.8. The molecular formula is C10H9F3N2OS. The first-order valence-electron chi connectivity index (χ1n) is 4.59. The predicted molar refractivity (Wildman–Crippen MR) is 56.6 cm³/mol. The molecule has 0 saturated carbocycles. The number of nitriles is 1. The summed E-state index contributed by atoms with van der Waals surface area (Å²) in [6.45, 7) is 0.382. The molecule has 0 aromatic carbocycles. The van der Waals surface area contributed by atoms with E-state index < -0.39 is 11.9 Å². The topological polar surface area (TPSA) is 45.9 Å². The van der Waals surface area contributed by atoms with Crippen LogP contribution in [-0.2, 0) is 10.9 Å². The van der Waals surface area contributed by atoms with E-state index in [0.29, 0.717) is 12.4 Å². The molecule has 7 heteroatoms. The minimum absolute atomic E-state index is 0.0828. The summed E-state index contributed by atoms with van der Waals surface area (Å²) in [4.78, 5) is 3.45. The molecule has 0 saturated heterocycles. The molecule has 1 heterocycles. The molecule has 1 aromatic rings. The summed E-state index contributed by atoms with van der Waals surface area (Å²) in [7, 11) is 1.49. The number of hydrogen-bond acceptors (Lipinski definition) is 4. The van der Waals surface area contributed by atoms with E-state index >= 15 is 0 Å². The van der Waals surface area contributed by atoms with Crippen LogP contribution in [0.3, 0.4) is 0 Å². The zero-order valence-electron chi connectivity index (χ0n) is 8.91. The van der Waals surface area contributed by atoms with Crippen molar-refractivity contribution in [3.63, 3.8) is 0 Å². The highest BCUT2D eigenvalue weighted by Crippen LogP contribution is 2.30. The highest BCUT2D eigenvalue weighted by Gasteiger charge is 2.33. The number of halogens is 3.